The van der Waals surface area contributed by atoms with E-state index in [0.29, 0.717) is 34.0 Å². The van der Waals surface area contributed by atoms with E-state index >= 15 is 0 Å². The quantitative estimate of drug-likeness (QED) is 0.557. The van der Waals surface area contributed by atoms with Crippen LogP contribution in [-0.4, -0.2) is 62.5 Å². The van der Waals surface area contributed by atoms with Crippen molar-refractivity contribution in [3.8, 4) is 5.69 Å². The van der Waals surface area contributed by atoms with E-state index in [4.69, 9.17) is 23.2 Å². The Morgan fingerprint density at radius 3 is 2.62 bits per heavy atom. The first-order valence-corrected chi connectivity index (χ1v) is 10.8. The Morgan fingerprint density at radius 2 is 1.90 bits per heavy atom. The standard InChI is InChI=1S/C19H18Cl2N6OS/c20-14-2-1-3-16(10-14)27-13-23-24-19(27)29-12-18(28)26-8-6-25(7-9-26)17-5-4-15(21)11-22-17/h1-5,10-11,13H,6-9,12H2. The maximum atomic E-state index is 12.7. The average molecular weight is 449 g/mol. The van der Waals surface area contributed by atoms with Gasteiger partial charge in [0.05, 0.1) is 16.5 Å². The third-order valence-corrected chi connectivity index (χ3v) is 5.98. The molecule has 4 rings (SSSR count). The monoisotopic (exact) mass is 448 g/mol. The van der Waals surface area contributed by atoms with E-state index < -0.39 is 0 Å². The number of anilines is 1. The largest absolute Gasteiger partial charge is 0.353 e. The Labute approximate surface area is 182 Å². The highest BCUT2D eigenvalue weighted by Gasteiger charge is 2.22. The molecule has 0 saturated carbocycles. The predicted molar refractivity (Wildman–Crippen MR) is 115 cm³/mol. The third-order valence-electron chi connectivity index (χ3n) is 4.60. The second-order valence-electron chi connectivity index (χ2n) is 6.45. The lowest BCUT2D eigenvalue weighted by atomic mass is 10.3. The van der Waals surface area contributed by atoms with Crippen LogP contribution in [0.3, 0.4) is 0 Å². The molecule has 3 heterocycles. The summed E-state index contributed by atoms with van der Waals surface area (Å²) in [4.78, 5) is 21.0. The highest BCUT2D eigenvalue weighted by atomic mass is 35.5. The number of carbonyl (C=O) groups excluding carboxylic acids is 1. The van der Waals surface area contributed by atoms with Gasteiger partial charge in [-0.15, -0.1) is 10.2 Å². The Hall–Kier alpha value is -2.29. The summed E-state index contributed by atoms with van der Waals surface area (Å²) in [5.74, 6) is 1.27. The molecule has 1 fully saturated rings. The number of amides is 1. The third kappa shape index (κ3) is 4.83. The number of halogens is 2. The van der Waals surface area contributed by atoms with Crippen LogP contribution in [0.2, 0.25) is 10.0 Å². The van der Waals surface area contributed by atoms with Gasteiger partial charge in [-0.1, -0.05) is 41.0 Å². The van der Waals surface area contributed by atoms with Gasteiger partial charge < -0.3 is 9.80 Å². The van der Waals surface area contributed by atoms with Crippen molar-refractivity contribution >= 4 is 46.7 Å². The van der Waals surface area contributed by atoms with E-state index in [2.05, 4.69) is 20.1 Å². The SMILES string of the molecule is O=C(CSc1nncn1-c1cccc(Cl)c1)N1CCN(c2ccc(Cl)cn2)CC1. The van der Waals surface area contributed by atoms with Crippen molar-refractivity contribution in [2.75, 3.05) is 36.8 Å². The molecule has 1 aliphatic rings. The van der Waals surface area contributed by atoms with Crippen molar-refractivity contribution < 1.29 is 4.79 Å². The van der Waals surface area contributed by atoms with Gasteiger partial charge in [0.25, 0.3) is 0 Å². The molecule has 0 N–H and O–H groups in total. The van der Waals surface area contributed by atoms with Gasteiger partial charge in [0.15, 0.2) is 5.16 Å². The van der Waals surface area contributed by atoms with Crippen LogP contribution in [0.4, 0.5) is 5.82 Å². The van der Waals surface area contributed by atoms with Gasteiger partial charge in [-0.25, -0.2) is 4.98 Å². The van der Waals surface area contributed by atoms with Gasteiger partial charge in [0.2, 0.25) is 5.91 Å². The Morgan fingerprint density at radius 1 is 1.07 bits per heavy atom. The van der Waals surface area contributed by atoms with Crippen LogP contribution in [0.5, 0.6) is 0 Å². The maximum Gasteiger partial charge on any atom is 0.233 e. The molecule has 0 aliphatic carbocycles. The number of carbonyl (C=O) groups is 1. The van der Waals surface area contributed by atoms with Crippen LogP contribution < -0.4 is 4.90 Å². The molecule has 0 bridgehead atoms. The summed E-state index contributed by atoms with van der Waals surface area (Å²) in [5.41, 5.74) is 0.863. The molecule has 0 atom stereocenters. The van der Waals surface area contributed by atoms with Gasteiger partial charge in [0.1, 0.15) is 12.1 Å². The van der Waals surface area contributed by atoms with E-state index in [-0.39, 0.29) is 5.91 Å². The fourth-order valence-electron chi connectivity index (χ4n) is 3.08. The Kier molecular flexibility index (Phi) is 6.22. The predicted octanol–water partition coefficient (Wildman–Crippen LogP) is 3.41. The number of aromatic nitrogens is 4. The van der Waals surface area contributed by atoms with Crippen molar-refractivity contribution in [2.45, 2.75) is 5.16 Å². The van der Waals surface area contributed by atoms with Crippen LogP contribution in [0.25, 0.3) is 5.69 Å². The lowest BCUT2D eigenvalue weighted by Crippen LogP contribution is -2.49. The second kappa shape index (κ2) is 9.02. The van der Waals surface area contributed by atoms with E-state index in [1.807, 2.05) is 45.9 Å². The normalized spacial score (nSPS) is 14.3. The number of hydrogen-bond donors (Lipinski definition) is 0. The molecule has 29 heavy (non-hydrogen) atoms. The van der Waals surface area contributed by atoms with E-state index in [0.717, 1.165) is 24.6 Å². The van der Waals surface area contributed by atoms with Gasteiger partial charge in [0, 0.05) is 37.4 Å². The summed E-state index contributed by atoms with van der Waals surface area (Å²) in [6.45, 7) is 2.79. The number of pyridine rings is 1. The summed E-state index contributed by atoms with van der Waals surface area (Å²) in [5, 5.41) is 10.0. The zero-order valence-corrected chi connectivity index (χ0v) is 17.7. The molecule has 1 amide bonds. The molecule has 0 radical (unpaired) electrons. The maximum absolute atomic E-state index is 12.7. The lowest BCUT2D eigenvalue weighted by molar-refractivity contribution is -0.128. The topological polar surface area (TPSA) is 67.2 Å². The molecule has 3 aromatic rings. The molecule has 7 nitrogen and oxygen atoms in total. The molecule has 1 aromatic carbocycles. The summed E-state index contributed by atoms with van der Waals surface area (Å²) >= 11 is 13.3. The van der Waals surface area contributed by atoms with Gasteiger partial charge in [-0.2, -0.15) is 0 Å². The minimum Gasteiger partial charge on any atom is -0.353 e. The number of nitrogens with zero attached hydrogens (tertiary/aromatic N) is 6. The first kappa shape index (κ1) is 20.0. The zero-order chi connectivity index (χ0) is 20.2. The number of rotatable bonds is 5. The van der Waals surface area contributed by atoms with Crippen molar-refractivity contribution in [3.05, 3.63) is 59.0 Å². The van der Waals surface area contributed by atoms with Crippen molar-refractivity contribution in [3.63, 3.8) is 0 Å². The highest BCUT2D eigenvalue weighted by molar-refractivity contribution is 7.99. The fraction of sp³-hybridized carbons (Fsp3) is 0.263. The minimum absolute atomic E-state index is 0.0827. The summed E-state index contributed by atoms with van der Waals surface area (Å²) in [6.07, 6.45) is 3.26. The summed E-state index contributed by atoms with van der Waals surface area (Å²) < 4.78 is 1.83. The van der Waals surface area contributed by atoms with E-state index in [1.54, 1.807) is 12.5 Å². The Bertz CT molecular complexity index is 988. The average Bonchev–Trinajstić information content (AvgIpc) is 3.21. The molecule has 1 saturated heterocycles. The van der Waals surface area contributed by atoms with Crippen LogP contribution in [0.15, 0.2) is 54.1 Å². The molecule has 150 valence electrons. The number of hydrogen-bond acceptors (Lipinski definition) is 6. The fourth-order valence-corrected chi connectivity index (χ4v) is 4.21. The van der Waals surface area contributed by atoms with Crippen LogP contribution in [-0.2, 0) is 4.79 Å². The lowest BCUT2D eigenvalue weighted by Gasteiger charge is -2.35. The first-order chi connectivity index (χ1) is 14.1. The molecular weight excluding hydrogens is 431 g/mol. The second-order valence-corrected chi connectivity index (χ2v) is 8.27. The zero-order valence-electron chi connectivity index (χ0n) is 15.4. The van der Waals surface area contributed by atoms with E-state index in [9.17, 15) is 4.79 Å². The summed E-state index contributed by atoms with van der Waals surface area (Å²) in [7, 11) is 0. The van der Waals surface area contributed by atoms with Crippen molar-refractivity contribution in [1.29, 1.82) is 0 Å². The van der Waals surface area contributed by atoms with E-state index in [1.165, 1.54) is 11.8 Å². The molecule has 0 spiro atoms. The van der Waals surface area contributed by atoms with Crippen LogP contribution in [0.1, 0.15) is 0 Å². The first-order valence-electron chi connectivity index (χ1n) is 9.03. The molecule has 0 unspecified atom stereocenters. The number of thioether (sulfide) groups is 1. The summed E-state index contributed by atoms with van der Waals surface area (Å²) in [6, 6.07) is 11.2. The van der Waals surface area contributed by atoms with Crippen LogP contribution >= 0.6 is 35.0 Å². The molecule has 2 aromatic heterocycles. The van der Waals surface area contributed by atoms with Crippen LogP contribution in [0, 0.1) is 0 Å². The van der Waals surface area contributed by atoms with Crippen molar-refractivity contribution in [1.82, 2.24) is 24.6 Å². The highest BCUT2D eigenvalue weighted by Crippen LogP contribution is 2.22. The van der Waals surface area contributed by atoms with Gasteiger partial charge in [-0.3, -0.25) is 9.36 Å². The molecule has 1 aliphatic heterocycles. The molecule has 10 heteroatoms. The van der Waals surface area contributed by atoms with Gasteiger partial charge in [-0.05, 0) is 30.3 Å². The minimum atomic E-state index is 0.0827. The Balaban J connectivity index is 1.32. The smallest absolute Gasteiger partial charge is 0.233 e. The van der Waals surface area contributed by atoms with Gasteiger partial charge >= 0.3 is 0 Å². The molecular formula is C19H18Cl2N6OS. The number of piperazine rings is 1. The van der Waals surface area contributed by atoms with Crippen molar-refractivity contribution in [2.24, 2.45) is 0 Å². The number of benzene rings is 1.